The van der Waals surface area contributed by atoms with Crippen LogP contribution in [-0.2, 0) is 14.3 Å². The molecule has 0 bridgehead atoms. The summed E-state index contributed by atoms with van der Waals surface area (Å²) in [7, 11) is 3.13. The first kappa shape index (κ1) is 31.5. The number of ether oxygens (including phenoxy) is 4. The fourth-order valence-corrected chi connectivity index (χ4v) is 4.56. The SMILES string of the molecule is COc1ccc(C2=C/C=C\CCC(/C=C(\N)C(=O)Nc3ccc(C(=O)OCCCN4CCOCC4)c(F)c3)=N\2)cc1OC. The van der Waals surface area contributed by atoms with Crippen LogP contribution in [0.1, 0.15) is 35.2 Å². The second kappa shape index (κ2) is 15.7. The third-order valence-corrected chi connectivity index (χ3v) is 6.89. The molecule has 2 aliphatic heterocycles. The molecule has 2 aromatic rings. The lowest BCUT2D eigenvalue weighted by atomic mass is 10.1. The minimum Gasteiger partial charge on any atom is -0.493 e. The van der Waals surface area contributed by atoms with Crippen LogP contribution in [0.4, 0.5) is 10.1 Å². The van der Waals surface area contributed by atoms with Crippen molar-refractivity contribution in [3.8, 4) is 11.5 Å². The maximum absolute atomic E-state index is 14.7. The van der Waals surface area contributed by atoms with Gasteiger partial charge in [-0.25, -0.2) is 9.18 Å². The lowest BCUT2D eigenvalue weighted by Crippen LogP contribution is -2.37. The molecule has 0 aromatic heterocycles. The number of halogens is 1. The number of aliphatic imine (C=N–C) groups is 1. The van der Waals surface area contributed by atoms with Crippen molar-refractivity contribution in [2.24, 2.45) is 10.7 Å². The molecule has 0 aliphatic carbocycles. The Balaban J connectivity index is 1.37. The number of rotatable bonds is 11. The summed E-state index contributed by atoms with van der Waals surface area (Å²) < 4.78 is 36.0. The predicted octanol–water partition coefficient (Wildman–Crippen LogP) is 4.34. The monoisotopic (exact) mass is 592 g/mol. The van der Waals surface area contributed by atoms with Crippen molar-refractivity contribution < 1.29 is 32.9 Å². The number of nitrogens with zero attached hydrogens (tertiary/aromatic N) is 2. The third-order valence-electron chi connectivity index (χ3n) is 6.89. The van der Waals surface area contributed by atoms with Gasteiger partial charge in [-0.15, -0.1) is 0 Å². The first-order valence-corrected chi connectivity index (χ1v) is 14.1. The Bertz CT molecular complexity index is 1430. The predicted molar refractivity (Wildman–Crippen MR) is 163 cm³/mol. The number of nitrogens with one attached hydrogen (secondary N) is 1. The smallest absolute Gasteiger partial charge is 0.341 e. The third kappa shape index (κ3) is 9.00. The highest BCUT2D eigenvalue weighted by Gasteiger charge is 2.17. The number of anilines is 1. The summed E-state index contributed by atoms with van der Waals surface area (Å²) in [6.07, 6.45) is 9.18. The van der Waals surface area contributed by atoms with Gasteiger partial charge in [0.25, 0.3) is 5.91 Å². The van der Waals surface area contributed by atoms with Gasteiger partial charge in [0, 0.05) is 36.6 Å². The topological polar surface area (TPSA) is 125 Å². The summed E-state index contributed by atoms with van der Waals surface area (Å²) in [6.45, 7) is 4.03. The van der Waals surface area contributed by atoms with E-state index in [1.54, 1.807) is 20.3 Å². The van der Waals surface area contributed by atoms with Gasteiger partial charge in [0.1, 0.15) is 5.82 Å². The van der Waals surface area contributed by atoms with E-state index in [2.05, 4.69) is 10.2 Å². The molecule has 11 heteroatoms. The maximum atomic E-state index is 14.7. The Morgan fingerprint density at radius 3 is 2.65 bits per heavy atom. The van der Waals surface area contributed by atoms with Crippen LogP contribution < -0.4 is 20.5 Å². The van der Waals surface area contributed by atoms with Gasteiger partial charge in [-0.2, -0.15) is 0 Å². The zero-order valence-electron chi connectivity index (χ0n) is 24.4. The van der Waals surface area contributed by atoms with Gasteiger partial charge < -0.3 is 30.0 Å². The van der Waals surface area contributed by atoms with Gasteiger partial charge >= 0.3 is 5.97 Å². The number of methoxy groups -OCH3 is 2. The van der Waals surface area contributed by atoms with Crippen LogP contribution in [0, 0.1) is 5.82 Å². The number of esters is 1. The minimum atomic E-state index is -0.806. The zero-order valence-corrected chi connectivity index (χ0v) is 24.4. The molecule has 43 heavy (non-hydrogen) atoms. The maximum Gasteiger partial charge on any atom is 0.341 e. The van der Waals surface area contributed by atoms with Gasteiger partial charge in [-0.3, -0.25) is 14.7 Å². The minimum absolute atomic E-state index is 0.0980. The van der Waals surface area contributed by atoms with Crippen LogP contribution in [0.2, 0.25) is 0 Å². The van der Waals surface area contributed by atoms with Crippen LogP contribution in [0.25, 0.3) is 5.70 Å². The largest absolute Gasteiger partial charge is 0.493 e. The number of hydrogen-bond acceptors (Lipinski definition) is 9. The van der Waals surface area contributed by atoms with E-state index in [1.807, 2.05) is 30.4 Å². The van der Waals surface area contributed by atoms with E-state index < -0.39 is 17.7 Å². The van der Waals surface area contributed by atoms with Crippen molar-refractivity contribution in [1.82, 2.24) is 4.90 Å². The second-order valence-corrected chi connectivity index (χ2v) is 9.88. The number of morpholine rings is 1. The molecule has 1 amide bonds. The number of carbonyl (C=O) groups is 2. The van der Waals surface area contributed by atoms with E-state index in [0.717, 1.165) is 31.3 Å². The molecule has 2 heterocycles. The molecular weight excluding hydrogens is 555 g/mol. The van der Waals surface area contributed by atoms with Crippen molar-refractivity contribution in [1.29, 1.82) is 0 Å². The summed E-state index contributed by atoms with van der Waals surface area (Å²) in [5.41, 5.74) is 7.99. The van der Waals surface area contributed by atoms with Gasteiger partial charge in [0.05, 0.1) is 51.0 Å². The van der Waals surface area contributed by atoms with E-state index in [1.165, 1.54) is 18.2 Å². The first-order valence-electron chi connectivity index (χ1n) is 14.1. The number of carbonyl (C=O) groups excluding carboxylic acids is 2. The summed E-state index contributed by atoms with van der Waals surface area (Å²) in [6, 6.07) is 9.24. The lowest BCUT2D eigenvalue weighted by Gasteiger charge is -2.26. The average Bonchev–Trinajstić information content (AvgIpc) is 3.00. The van der Waals surface area contributed by atoms with Crippen molar-refractivity contribution in [3.63, 3.8) is 0 Å². The van der Waals surface area contributed by atoms with Crippen molar-refractivity contribution >= 4 is 29.0 Å². The van der Waals surface area contributed by atoms with Crippen LogP contribution in [0.15, 0.2) is 71.4 Å². The highest BCUT2D eigenvalue weighted by atomic mass is 19.1. The van der Waals surface area contributed by atoms with Gasteiger partial charge in [0.2, 0.25) is 0 Å². The van der Waals surface area contributed by atoms with Crippen molar-refractivity contribution in [2.45, 2.75) is 19.3 Å². The Labute approximate surface area is 250 Å². The number of hydrogen-bond donors (Lipinski definition) is 2. The summed E-state index contributed by atoms with van der Waals surface area (Å²) in [5.74, 6) is -1.03. The van der Waals surface area contributed by atoms with Crippen LogP contribution in [0.3, 0.4) is 0 Å². The molecule has 3 N–H and O–H groups in total. The van der Waals surface area contributed by atoms with E-state index in [9.17, 15) is 14.0 Å². The molecule has 2 aliphatic rings. The zero-order chi connectivity index (χ0) is 30.6. The van der Waals surface area contributed by atoms with Crippen LogP contribution >= 0.6 is 0 Å². The Morgan fingerprint density at radius 1 is 1.12 bits per heavy atom. The second-order valence-electron chi connectivity index (χ2n) is 9.88. The molecule has 1 fully saturated rings. The molecule has 228 valence electrons. The van der Waals surface area contributed by atoms with Gasteiger partial charge in [0.15, 0.2) is 11.5 Å². The summed E-state index contributed by atoms with van der Waals surface area (Å²) in [4.78, 5) is 32.2. The molecule has 4 rings (SSSR count). The Hall–Kier alpha value is -4.48. The molecule has 10 nitrogen and oxygen atoms in total. The molecule has 0 unspecified atom stereocenters. The van der Waals surface area contributed by atoms with Crippen LogP contribution in [0.5, 0.6) is 11.5 Å². The molecule has 2 aromatic carbocycles. The van der Waals surface area contributed by atoms with Crippen molar-refractivity contribution in [3.05, 3.63) is 83.3 Å². The van der Waals surface area contributed by atoms with Gasteiger partial charge in [-0.1, -0.05) is 12.2 Å². The summed E-state index contributed by atoms with van der Waals surface area (Å²) >= 11 is 0. The number of amides is 1. The molecule has 0 spiro atoms. The fraction of sp³-hybridized carbons (Fsp3) is 0.344. The van der Waals surface area contributed by atoms with E-state index in [-0.39, 0.29) is 23.6 Å². The van der Waals surface area contributed by atoms with E-state index in [4.69, 9.17) is 29.7 Å². The standard InChI is InChI=1S/C32H37FN4O6/c1-40-29-12-9-22(19-30(29)41-2)28-8-5-3-4-7-23(35-28)21-27(34)31(38)36-24-10-11-25(26(33)20-24)32(39)43-16-6-13-37-14-17-42-18-15-37/h3,5,8-12,19-21H,4,6-7,13-18,34H2,1-2H3,(H,36,38)/b5-3-,27-21-,28-8-,35-23+. The highest BCUT2D eigenvalue weighted by Crippen LogP contribution is 2.31. The number of nitrogens with two attached hydrogens (primary N) is 1. The molecule has 1 saturated heterocycles. The van der Waals surface area contributed by atoms with Crippen LogP contribution in [-0.4, -0.2) is 76.2 Å². The average molecular weight is 593 g/mol. The van der Waals surface area contributed by atoms with Crippen molar-refractivity contribution in [2.75, 3.05) is 59.0 Å². The first-order chi connectivity index (χ1) is 20.9. The number of benzene rings is 2. The molecule has 0 atom stereocenters. The van der Waals surface area contributed by atoms with E-state index >= 15 is 0 Å². The van der Waals surface area contributed by atoms with Gasteiger partial charge in [-0.05, 0) is 67.8 Å². The quantitative estimate of drug-likeness (QED) is 0.224. The molecule has 0 radical (unpaired) electrons. The lowest BCUT2D eigenvalue weighted by molar-refractivity contribution is -0.112. The summed E-state index contributed by atoms with van der Waals surface area (Å²) in [5, 5.41) is 2.57. The fourth-order valence-electron chi connectivity index (χ4n) is 4.56. The number of allylic oxidation sites excluding steroid dienone is 4. The molecule has 0 saturated carbocycles. The normalized spacial score (nSPS) is 19.1. The Morgan fingerprint density at radius 2 is 1.91 bits per heavy atom. The Kier molecular flexibility index (Phi) is 11.5. The molecular formula is C32H37FN4O6. The highest BCUT2D eigenvalue weighted by molar-refractivity contribution is 6.09. The van der Waals surface area contributed by atoms with E-state index in [0.29, 0.717) is 55.4 Å².